The molecule has 43 heavy (non-hydrogen) atoms. The molecule has 4 aliphatic heterocycles. The van der Waals surface area contributed by atoms with Crippen molar-refractivity contribution in [2.75, 3.05) is 22.9 Å². The molecule has 0 fully saturated rings. The number of hydrogen-bond acceptors (Lipinski definition) is 5. The largest absolute Gasteiger partial charge is 0.347 e. The molecular formula is C35H36BrN5O2. The van der Waals surface area contributed by atoms with Crippen molar-refractivity contribution in [3.05, 3.63) is 129 Å². The van der Waals surface area contributed by atoms with Gasteiger partial charge in [0.1, 0.15) is 12.3 Å². The summed E-state index contributed by atoms with van der Waals surface area (Å²) < 4.78 is 1.03. The van der Waals surface area contributed by atoms with Gasteiger partial charge >= 0.3 is 0 Å². The Morgan fingerprint density at radius 2 is 1.67 bits per heavy atom. The summed E-state index contributed by atoms with van der Waals surface area (Å²) in [5.41, 5.74) is 14.3. The standard InChI is InChI=1S/C18H20N2O.C17H16BrN3O/c1-3-7-14(8-4-2)17-19-18(21)15-11-5-9-13-10-6-12-20(17)16(13)15;18-11-6-4-10(5-7-11)16-20-17(22)13-3-1-2-12-14(19)8-9-21(16)15(12)13/h3-5,7-9,11,17H,1,6,10,12H2,2H3,(H,19,21);1-7,14,16H,8-9,19H2,(H,20,22)/b8-4-,14-7+;/t17-;14-,16+/m00/s1. The van der Waals surface area contributed by atoms with Crippen LogP contribution >= 0.6 is 15.9 Å². The first-order valence-electron chi connectivity index (χ1n) is 14.8. The number of hydrogen-bond donors (Lipinski definition) is 3. The van der Waals surface area contributed by atoms with E-state index in [9.17, 15) is 9.59 Å². The summed E-state index contributed by atoms with van der Waals surface area (Å²) in [7, 11) is 0. The van der Waals surface area contributed by atoms with Crippen LogP contribution in [0.2, 0.25) is 0 Å². The van der Waals surface area contributed by atoms with Gasteiger partial charge in [0.2, 0.25) is 0 Å². The van der Waals surface area contributed by atoms with Gasteiger partial charge in [0.15, 0.2) is 0 Å². The average molecular weight is 639 g/mol. The number of halogens is 1. The molecule has 2 amide bonds. The van der Waals surface area contributed by atoms with Gasteiger partial charge in [0.25, 0.3) is 11.8 Å². The normalized spacial score (nSPS) is 22.1. The van der Waals surface area contributed by atoms with E-state index in [1.165, 1.54) is 5.56 Å². The highest BCUT2D eigenvalue weighted by Gasteiger charge is 2.37. The lowest BCUT2D eigenvalue weighted by Gasteiger charge is -2.44. The molecule has 0 aromatic heterocycles. The van der Waals surface area contributed by atoms with Crippen LogP contribution < -0.4 is 26.2 Å². The van der Waals surface area contributed by atoms with E-state index >= 15 is 0 Å². The molecule has 0 unspecified atom stereocenters. The summed E-state index contributed by atoms with van der Waals surface area (Å²) in [6, 6.07) is 19.9. The summed E-state index contributed by atoms with van der Waals surface area (Å²) in [5.74, 6) is -0.0235. The van der Waals surface area contributed by atoms with Crippen molar-refractivity contribution in [2.45, 2.75) is 44.6 Å². The van der Waals surface area contributed by atoms with E-state index in [4.69, 9.17) is 5.73 Å². The number of carbonyl (C=O) groups excluding carboxylic acids is 2. The lowest BCUT2D eigenvalue weighted by Crippen LogP contribution is -2.55. The Morgan fingerprint density at radius 3 is 2.42 bits per heavy atom. The van der Waals surface area contributed by atoms with Crippen LogP contribution in [-0.4, -0.2) is 31.1 Å². The van der Waals surface area contributed by atoms with E-state index in [1.807, 2.05) is 79.7 Å². The number of rotatable bonds is 4. The van der Waals surface area contributed by atoms with Gasteiger partial charge in [-0.05, 0) is 72.7 Å². The zero-order valence-corrected chi connectivity index (χ0v) is 25.8. The molecule has 0 bridgehead atoms. The van der Waals surface area contributed by atoms with Crippen LogP contribution in [0.15, 0.2) is 102 Å². The van der Waals surface area contributed by atoms with Gasteiger partial charge in [0, 0.05) is 23.6 Å². The van der Waals surface area contributed by atoms with E-state index in [0.717, 1.165) is 76.0 Å². The molecule has 3 atom stereocenters. The molecule has 4 N–H and O–H groups in total. The molecule has 0 aliphatic carbocycles. The topological polar surface area (TPSA) is 90.7 Å². The van der Waals surface area contributed by atoms with Crippen LogP contribution in [0.3, 0.4) is 0 Å². The van der Waals surface area contributed by atoms with E-state index in [0.29, 0.717) is 0 Å². The molecule has 3 aromatic rings. The molecule has 3 aromatic carbocycles. The molecule has 220 valence electrons. The number of para-hydroxylation sites is 2. The summed E-state index contributed by atoms with van der Waals surface area (Å²) >= 11 is 3.45. The van der Waals surface area contributed by atoms with Gasteiger partial charge in [0.05, 0.1) is 22.5 Å². The van der Waals surface area contributed by atoms with E-state index in [1.54, 1.807) is 6.08 Å². The number of carbonyl (C=O) groups is 2. The van der Waals surface area contributed by atoms with Gasteiger partial charge in [-0.15, -0.1) is 0 Å². The fourth-order valence-electron chi connectivity index (χ4n) is 6.59. The number of benzene rings is 3. The number of nitrogens with two attached hydrogens (primary N) is 1. The second kappa shape index (κ2) is 12.2. The predicted octanol–water partition coefficient (Wildman–Crippen LogP) is 6.30. The SMILES string of the molecule is C=C/C=C(\C=C/C)[C@H]1NC(=O)c2cccc3c2N1CCC3.N[C@H]1CCN2c3c(cccc31)C(=O)N[C@H]2c1ccc(Br)cc1. The van der Waals surface area contributed by atoms with E-state index in [2.05, 4.69) is 49.0 Å². The quantitative estimate of drug-likeness (QED) is 0.292. The van der Waals surface area contributed by atoms with Crippen molar-refractivity contribution in [1.82, 2.24) is 10.6 Å². The number of amides is 2. The highest BCUT2D eigenvalue weighted by Crippen LogP contribution is 2.42. The number of allylic oxidation sites excluding steroid dienone is 3. The van der Waals surface area contributed by atoms with Crippen LogP contribution in [0.1, 0.15) is 69.4 Å². The fraction of sp³-hybridized carbons (Fsp3) is 0.257. The summed E-state index contributed by atoms with van der Waals surface area (Å²) in [5, 5.41) is 6.24. The minimum atomic E-state index is -0.137. The zero-order valence-electron chi connectivity index (χ0n) is 24.2. The van der Waals surface area contributed by atoms with Gasteiger partial charge < -0.3 is 26.2 Å². The Balaban J connectivity index is 0.000000153. The Morgan fingerprint density at radius 1 is 0.953 bits per heavy atom. The molecule has 0 spiro atoms. The van der Waals surface area contributed by atoms with Crippen LogP contribution in [-0.2, 0) is 6.42 Å². The summed E-state index contributed by atoms with van der Waals surface area (Å²) in [6.45, 7) is 7.56. The molecule has 7 rings (SSSR count). The molecule has 4 aliphatic rings. The Bertz CT molecular complexity index is 1630. The number of anilines is 2. The maximum absolute atomic E-state index is 12.5. The third-order valence-corrected chi connectivity index (χ3v) is 9.03. The zero-order chi connectivity index (χ0) is 30.1. The first-order chi connectivity index (χ1) is 20.9. The van der Waals surface area contributed by atoms with E-state index in [-0.39, 0.29) is 30.2 Å². The van der Waals surface area contributed by atoms with Gasteiger partial charge in [-0.2, -0.15) is 0 Å². The van der Waals surface area contributed by atoms with Gasteiger partial charge in [-0.3, -0.25) is 9.59 Å². The first-order valence-corrected chi connectivity index (χ1v) is 15.6. The average Bonchev–Trinajstić information content (AvgIpc) is 3.02. The maximum atomic E-state index is 12.5. The van der Waals surface area contributed by atoms with Crippen molar-refractivity contribution in [3.63, 3.8) is 0 Å². The highest BCUT2D eigenvalue weighted by molar-refractivity contribution is 9.10. The van der Waals surface area contributed by atoms with Crippen molar-refractivity contribution < 1.29 is 9.59 Å². The van der Waals surface area contributed by atoms with Crippen LogP contribution in [0, 0.1) is 0 Å². The van der Waals surface area contributed by atoms with Crippen LogP contribution in [0.4, 0.5) is 11.4 Å². The number of nitrogens with one attached hydrogen (secondary N) is 2. The molecule has 8 heteroatoms. The monoisotopic (exact) mass is 637 g/mol. The fourth-order valence-corrected chi connectivity index (χ4v) is 6.86. The second-order valence-electron chi connectivity index (χ2n) is 11.1. The minimum absolute atomic E-state index is 0.00247. The second-order valence-corrected chi connectivity index (χ2v) is 12.1. The minimum Gasteiger partial charge on any atom is -0.347 e. The Hall–Kier alpha value is -4.14. The molecule has 4 heterocycles. The Kier molecular flexibility index (Phi) is 8.23. The Labute approximate surface area is 261 Å². The number of aryl methyl sites for hydroxylation is 1. The highest BCUT2D eigenvalue weighted by atomic mass is 79.9. The first kappa shape index (κ1) is 29.0. The third-order valence-electron chi connectivity index (χ3n) is 8.51. The van der Waals surface area contributed by atoms with Crippen LogP contribution in [0.25, 0.3) is 0 Å². The van der Waals surface area contributed by atoms with Crippen molar-refractivity contribution in [2.24, 2.45) is 5.73 Å². The molecule has 0 saturated heterocycles. The summed E-state index contributed by atoms with van der Waals surface area (Å²) in [4.78, 5) is 29.5. The molecular weight excluding hydrogens is 602 g/mol. The molecule has 7 nitrogen and oxygen atoms in total. The molecule has 0 saturated carbocycles. The maximum Gasteiger partial charge on any atom is 0.255 e. The number of nitrogens with zero attached hydrogens (tertiary/aromatic N) is 2. The van der Waals surface area contributed by atoms with Gasteiger partial charge in [-0.25, -0.2) is 0 Å². The lowest BCUT2D eigenvalue weighted by atomic mass is 9.90. The van der Waals surface area contributed by atoms with Crippen molar-refractivity contribution >= 4 is 39.1 Å². The lowest BCUT2D eigenvalue weighted by molar-refractivity contribution is 0.0920. The van der Waals surface area contributed by atoms with Crippen molar-refractivity contribution in [1.29, 1.82) is 0 Å². The molecule has 0 radical (unpaired) electrons. The third kappa shape index (κ3) is 5.41. The van der Waals surface area contributed by atoms with Crippen LogP contribution in [0.5, 0.6) is 0 Å². The summed E-state index contributed by atoms with van der Waals surface area (Å²) in [6.07, 6.45) is 10.6. The predicted molar refractivity (Wildman–Crippen MR) is 176 cm³/mol. The van der Waals surface area contributed by atoms with Crippen molar-refractivity contribution in [3.8, 4) is 0 Å². The smallest absolute Gasteiger partial charge is 0.255 e. The van der Waals surface area contributed by atoms with E-state index < -0.39 is 0 Å². The van der Waals surface area contributed by atoms with Gasteiger partial charge in [-0.1, -0.05) is 83.2 Å².